The molecule has 0 aliphatic rings. The molecule has 0 spiro atoms. The van der Waals surface area contributed by atoms with Gasteiger partial charge >= 0.3 is 5.97 Å². The average Bonchev–Trinajstić information content (AvgIpc) is 2.87. The molecule has 21 heavy (non-hydrogen) atoms. The summed E-state index contributed by atoms with van der Waals surface area (Å²) >= 11 is 0. The summed E-state index contributed by atoms with van der Waals surface area (Å²) in [6.07, 6.45) is 0. The number of nitrogens with zero attached hydrogens (tertiary/aromatic N) is 3. The molecule has 0 bridgehead atoms. The first-order valence-electron chi connectivity index (χ1n) is 6.45. The van der Waals surface area contributed by atoms with Crippen molar-refractivity contribution < 1.29 is 18.8 Å². The predicted octanol–water partition coefficient (Wildman–Crippen LogP) is 2.03. The Morgan fingerprint density at radius 1 is 1.43 bits per heavy atom. The van der Waals surface area contributed by atoms with E-state index in [9.17, 15) is 9.18 Å². The van der Waals surface area contributed by atoms with Crippen LogP contribution in [0, 0.1) is 11.7 Å². The van der Waals surface area contributed by atoms with E-state index in [1.807, 2.05) is 0 Å². The lowest BCUT2D eigenvalue weighted by molar-refractivity contribution is -0.141. The zero-order chi connectivity index (χ0) is 15.4. The normalized spacial score (nSPS) is 12.6. The van der Waals surface area contributed by atoms with Gasteiger partial charge in [0.2, 0.25) is 11.7 Å². The molecule has 0 fully saturated rings. The molecule has 2 rings (SSSR count). The molecule has 1 atom stereocenters. The molecule has 7 heteroatoms. The van der Waals surface area contributed by atoms with Gasteiger partial charge in [-0.05, 0) is 31.3 Å². The second-order valence-corrected chi connectivity index (χ2v) is 4.95. The highest BCUT2D eigenvalue weighted by Crippen LogP contribution is 2.16. The van der Waals surface area contributed by atoms with Crippen molar-refractivity contribution in [1.29, 1.82) is 0 Å². The third-order valence-corrected chi connectivity index (χ3v) is 2.98. The maximum atomic E-state index is 12.8. The Kier molecular flexibility index (Phi) is 4.64. The first-order chi connectivity index (χ1) is 9.95. The molecule has 2 aromatic rings. The smallest absolute Gasteiger partial charge is 0.307 e. The van der Waals surface area contributed by atoms with Gasteiger partial charge in [0.05, 0.1) is 12.5 Å². The standard InChI is InChI=1S/C14H16FN3O3/c1-9(14(19)20)7-18(2)8-12-16-13(17-21-12)10-3-5-11(15)6-4-10/h3-6,9H,7-8H2,1-2H3,(H,19,20). The fraction of sp³-hybridized carbons (Fsp3) is 0.357. The minimum atomic E-state index is -0.848. The topological polar surface area (TPSA) is 79.5 Å². The summed E-state index contributed by atoms with van der Waals surface area (Å²) in [5.74, 6) is -0.891. The van der Waals surface area contributed by atoms with Crippen LogP contribution in [-0.4, -0.2) is 39.7 Å². The third kappa shape index (κ3) is 4.09. The lowest BCUT2D eigenvalue weighted by Gasteiger charge is -2.16. The number of hydrogen-bond donors (Lipinski definition) is 1. The van der Waals surface area contributed by atoms with Crippen LogP contribution in [0.4, 0.5) is 4.39 Å². The highest BCUT2D eigenvalue weighted by molar-refractivity contribution is 5.69. The summed E-state index contributed by atoms with van der Waals surface area (Å²) in [5, 5.41) is 12.7. The van der Waals surface area contributed by atoms with Crippen LogP contribution in [0.25, 0.3) is 11.4 Å². The highest BCUT2D eigenvalue weighted by atomic mass is 19.1. The van der Waals surface area contributed by atoms with E-state index in [0.717, 1.165) is 0 Å². The van der Waals surface area contributed by atoms with Crippen LogP contribution < -0.4 is 0 Å². The second-order valence-electron chi connectivity index (χ2n) is 4.95. The van der Waals surface area contributed by atoms with Crippen molar-refractivity contribution in [3.63, 3.8) is 0 Å². The van der Waals surface area contributed by atoms with Crippen molar-refractivity contribution >= 4 is 5.97 Å². The van der Waals surface area contributed by atoms with Crippen LogP contribution in [0.2, 0.25) is 0 Å². The lowest BCUT2D eigenvalue weighted by atomic mass is 10.2. The number of rotatable bonds is 6. The van der Waals surface area contributed by atoms with Crippen LogP contribution in [0.1, 0.15) is 12.8 Å². The molecule has 0 amide bonds. The monoisotopic (exact) mass is 293 g/mol. The number of aromatic nitrogens is 2. The summed E-state index contributed by atoms with van der Waals surface area (Å²) < 4.78 is 18.0. The Labute approximate surface area is 121 Å². The van der Waals surface area contributed by atoms with E-state index in [1.165, 1.54) is 12.1 Å². The van der Waals surface area contributed by atoms with Crippen molar-refractivity contribution in [2.24, 2.45) is 5.92 Å². The van der Waals surface area contributed by atoms with Gasteiger partial charge in [-0.15, -0.1) is 0 Å². The maximum absolute atomic E-state index is 12.8. The van der Waals surface area contributed by atoms with Gasteiger partial charge in [0.1, 0.15) is 5.82 Å². The molecule has 0 saturated heterocycles. The molecule has 1 N–H and O–H groups in total. The Hall–Kier alpha value is -2.28. The van der Waals surface area contributed by atoms with Gasteiger partial charge < -0.3 is 9.63 Å². The molecule has 0 aliphatic carbocycles. The average molecular weight is 293 g/mol. The number of halogens is 1. The molecule has 112 valence electrons. The molecule has 0 aliphatic heterocycles. The third-order valence-electron chi connectivity index (χ3n) is 2.98. The number of hydrogen-bond acceptors (Lipinski definition) is 5. The quantitative estimate of drug-likeness (QED) is 0.878. The molecular weight excluding hydrogens is 277 g/mol. The minimum absolute atomic E-state index is 0.329. The van der Waals surface area contributed by atoms with E-state index in [4.69, 9.17) is 9.63 Å². The van der Waals surface area contributed by atoms with Gasteiger partial charge in [-0.1, -0.05) is 12.1 Å². The predicted molar refractivity (Wildman–Crippen MR) is 72.8 cm³/mol. The molecule has 6 nitrogen and oxygen atoms in total. The van der Waals surface area contributed by atoms with Crippen molar-refractivity contribution in [3.8, 4) is 11.4 Å². The number of benzene rings is 1. The molecular formula is C14H16FN3O3. The minimum Gasteiger partial charge on any atom is -0.481 e. The van der Waals surface area contributed by atoms with Crippen LogP contribution in [-0.2, 0) is 11.3 Å². The zero-order valence-electron chi connectivity index (χ0n) is 11.8. The molecule has 0 saturated carbocycles. The Balaban J connectivity index is 2.00. The van der Waals surface area contributed by atoms with Crippen molar-refractivity contribution in [3.05, 3.63) is 36.0 Å². The van der Waals surface area contributed by atoms with E-state index >= 15 is 0 Å². The second kappa shape index (κ2) is 6.45. The summed E-state index contributed by atoms with van der Waals surface area (Å²) in [4.78, 5) is 16.8. The maximum Gasteiger partial charge on any atom is 0.307 e. The van der Waals surface area contributed by atoms with Crippen LogP contribution in [0.15, 0.2) is 28.8 Å². The number of carboxylic acid groups (broad SMARTS) is 1. The van der Waals surface area contributed by atoms with Gasteiger partial charge in [0, 0.05) is 12.1 Å². The summed E-state index contributed by atoms with van der Waals surface area (Å²) in [7, 11) is 1.78. The molecule has 1 aromatic carbocycles. The fourth-order valence-electron chi connectivity index (χ4n) is 1.88. The van der Waals surface area contributed by atoms with Crippen LogP contribution in [0.3, 0.4) is 0 Å². The number of aliphatic carboxylic acids is 1. The van der Waals surface area contributed by atoms with Crippen LogP contribution in [0.5, 0.6) is 0 Å². The fourth-order valence-corrected chi connectivity index (χ4v) is 1.88. The van der Waals surface area contributed by atoms with Gasteiger partial charge in [0.15, 0.2) is 0 Å². The van der Waals surface area contributed by atoms with E-state index in [0.29, 0.717) is 30.4 Å². The molecule has 1 aromatic heterocycles. The van der Waals surface area contributed by atoms with E-state index in [1.54, 1.807) is 31.0 Å². The Morgan fingerprint density at radius 3 is 2.71 bits per heavy atom. The largest absolute Gasteiger partial charge is 0.481 e. The first kappa shape index (κ1) is 15.1. The van der Waals surface area contributed by atoms with Crippen molar-refractivity contribution in [2.45, 2.75) is 13.5 Å². The van der Waals surface area contributed by atoms with Crippen molar-refractivity contribution in [2.75, 3.05) is 13.6 Å². The number of carboxylic acids is 1. The summed E-state index contributed by atoms with van der Waals surface area (Å²) in [5.41, 5.74) is 0.660. The summed E-state index contributed by atoms with van der Waals surface area (Å²) in [6, 6.07) is 5.79. The van der Waals surface area contributed by atoms with Gasteiger partial charge in [-0.2, -0.15) is 4.98 Å². The number of carbonyl (C=O) groups is 1. The van der Waals surface area contributed by atoms with Crippen molar-refractivity contribution in [1.82, 2.24) is 15.0 Å². The van der Waals surface area contributed by atoms with E-state index in [-0.39, 0.29) is 5.82 Å². The first-order valence-corrected chi connectivity index (χ1v) is 6.45. The SMILES string of the molecule is CC(CN(C)Cc1nc(-c2ccc(F)cc2)no1)C(=O)O. The Morgan fingerprint density at radius 2 is 2.10 bits per heavy atom. The van der Waals surface area contributed by atoms with Crippen LogP contribution >= 0.6 is 0 Å². The zero-order valence-corrected chi connectivity index (χ0v) is 11.8. The van der Waals surface area contributed by atoms with Gasteiger partial charge in [-0.3, -0.25) is 9.69 Å². The lowest BCUT2D eigenvalue weighted by Crippen LogP contribution is -2.28. The van der Waals surface area contributed by atoms with E-state index in [2.05, 4.69) is 10.1 Å². The molecule has 1 unspecified atom stereocenters. The van der Waals surface area contributed by atoms with Gasteiger partial charge in [0.25, 0.3) is 0 Å². The molecule has 0 radical (unpaired) electrons. The molecule has 1 heterocycles. The highest BCUT2D eigenvalue weighted by Gasteiger charge is 2.16. The van der Waals surface area contributed by atoms with E-state index < -0.39 is 11.9 Å². The van der Waals surface area contributed by atoms with Gasteiger partial charge in [-0.25, -0.2) is 4.39 Å². The summed E-state index contributed by atoms with van der Waals surface area (Å²) in [6.45, 7) is 2.37. The Bertz CT molecular complexity index is 612.